The lowest BCUT2D eigenvalue weighted by molar-refractivity contribution is -0.248. The summed E-state index contributed by atoms with van der Waals surface area (Å²) in [5.41, 5.74) is -6.83. The fourth-order valence-corrected chi connectivity index (χ4v) is 13.0. The van der Waals surface area contributed by atoms with Crippen molar-refractivity contribution in [3.05, 3.63) is 45.6 Å². The number of cyclic esters (lactones) is 3. The molecule has 10 rings (SSSR count). The third-order valence-corrected chi connectivity index (χ3v) is 15.4. The molecule has 0 unspecified atom stereocenters. The summed E-state index contributed by atoms with van der Waals surface area (Å²) in [6, 6.07) is 0. The van der Waals surface area contributed by atoms with Crippen LogP contribution in [-0.4, -0.2) is 93.4 Å². The van der Waals surface area contributed by atoms with E-state index in [4.69, 9.17) is 23.7 Å². The van der Waals surface area contributed by atoms with Crippen molar-refractivity contribution >= 4 is 35.6 Å². The first kappa shape index (κ1) is 33.4. The van der Waals surface area contributed by atoms with Crippen molar-refractivity contribution < 1.29 is 67.8 Å². The molecule has 2 bridgehead atoms. The zero-order chi connectivity index (χ0) is 37.6. The standard InChI is InChI=1S/C39H40O14/c1-15-7-28(42)51-14-36(46)23-9-22(23)34(3)24(36)10-20-18(13-50-27(41)6-5-26(40)49-12-15)32(44)52-37(20)25(34)11-21-17-8-19(17)35(4)33(45)39(48)29(16(2)31(43)53-39)30(37)38(21,35)47/h7,11,17,19,22-25,30,46-48H,5-6,8-10,12-14H2,1-4H3/b15-7-/t17-,19+,22+,23-,24+,25-,30+,34-,35+,36-,37-,38+,39-/m0/s1. The molecule has 14 nitrogen and oxygen atoms in total. The van der Waals surface area contributed by atoms with Crippen LogP contribution in [0.15, 0.2) is 45.6 Å². The Kier molecular flexibility index (Phi) is 6.15. The molecule has 6 saturated carbocycles. The van der Waals surface area contributed by atoms with Crippen LogP contribution in [0.2, 0.25) is 0 Å². The number of ether oxygens (including phenoxy) is 5. The summed E-state index contributed by atoms with van der Waals surface area (Å²) >= 11 is 0. The molecule has 0 radical (unpaired) electrons. The molecule has 53 heavy (non-hydrogen) atoms. The second-order valence-corrected chi connectivity index (χ2v) is 17.5. The number of fused-ring (bicyclic) bond motifs is 9. The van der Waals surface area contributed by atoms with E-state index in [1.807, 2.05) is 13.0 Å². The van der Waals surface area contributed by atoms with E-state index in [1.165, 1.54) is 13.0 Å². The Balaban J connectivity index is 1.21. The fraction of sp³-hybridized carbons (Fsp3) is 0.641. The lowest BCUT2D eigenvalue weighted by Gasteiger charge is -2.66. The highest BCUT2D eigenvalue weighted by molar-refractivity contribution is 6.07. The van der Waals surface area contributed by atoms with E-state index in [9.17, 15) is 44.1 Å². The molecule has 13 atom stereocenters. The molecule has 3 N–H and O–H groups in total. The maximum Gasteiger partial charge on any atom is 0.338 e. The molecular formula is C39H40O14. The highest BCUT2D eigenvalue weighted by Crippen LogP contribution is 2.84. The maximum absolute atomic E-state index is 14.5. The quantitative estimate of drug-likeness (QED) is 0.181. The summed E-state index contributed by atoms with van der Waals surface area (Å²) in [5.74, 6) is -11.4. The van der Waals surface area contributed by atoms with Gasteiger partial charge in [0, 0.05) is 29.1 Å². The zero-order valence-electron chi connectivity index (χ0n) is 29.7. The largest absolute Gasteiger partial charge is 0.461 e. The van der Waals surface area contributed by atoms with Gasteiger partial charge in [-0.2, -0.15) is 0 Å². The average Bonchev–Trinajstić information content (AvgIpc) is 4.01. The van der Waals surface area contributed by atoms with Gasteiger partial charge >= 0.3 is 29.8 Å². The Morgan fingerprint density at radius 2 is 1.51 bits per heavy atom. The van der Waals surface area contributed by atoms with E-state index in [0.29, 0.717) is 29.6 Å². The normalized spacial score (nSPS) is 51.5. The van der Waals surface area contributed by atoms with E-state index in [-0.39, 0.29) is 72.9 Å². The van der Waals surface area contributed by atoms with Gasteiger partial charge < -0.3 is 39.0 Å². The van der Waals surface area contributed by atoms with Crippen LogP contribution in [-0.2, 0) is 52.5 Å². The van der Waals surface area contributed by atoms with Gasteiger partial charge in [0.25, 0.3) is 5.79 Å². The summed E-state index contributed by atoms with van der Waals surface area (Å²) in [6.45, 7) is 5.47. The van der Waals surface area contributed by atoms with Gasteiger partial charge in [-0.05, 0) is 85.8 Å². The van der Waals surface area contributed by atoms with Crippen molar-refractivity contribution in [3.63, 3.8) is 0 Å². The molecule has 3 aliphatic heterocycles. The predicted octanol–water partition coefficient (Wildman–Crippen LogP) is 1.06. The third-order valence-electron chi connectivity index (χ3n) is 15.4. The number of hydrogen-bond acceptors (Lipinski definition) is 14. The molecule has 14 heteroatoms. The first-order valence-electron chi connectivity index (χ1n) is 18.4. The van der Waals surface area contributed by atoms with Crippen molar-refractivity contribution in [2.75, 3.05) is 19.8 Å². The molecular weight excluding hydrogens is 692 g/mol. The smallest absolute Gasteiger partial charge is 0.338 e. The Morgan fingerprint density at radius 1 is 0.811 bits per heavy atom. The molecule has 0 saturated heterocycles. The number of ketones is 1. The van der Waals surface area contributed by atoms with E-state index in [0.717, 1.165) is 0 Å². The van der Waals surface area contributed by atoms with Crippen LogP contribution in [0.5, 0.6) is 0 Å². The van der Waals surface area contributed by atoms with Crippen LogP contribution < -0.4 is 0 Å². The Morgan fingerprint density at radius 3 is 2.23 bits per heavy atom. The zero-order valence-corrected chi connectivity index (χ0v) is 29.7. The van der Waals surface area contributed by atoms with Crippen molar-refractivity contribution in [2.45, 2.75) is 82.4 Å². The van der Waals surface area contributed by atoms with Gasteiger partial charge in [0.05, 0.1) is 29.7 Å². The Labute approximate surface area is 303 Å². The third kappa shape index (κ3) is 3.57. The molecule has 3 heterocycles. The number of rotatable bonds is 0. The predicted molar refractivity (Wildman–Crippen MR) is 173 cm³/mol. The first-order valence-corrected chi connectivity index (χ1v) is 18.4. The highest BCUT2D eigenvalue weighted by atomic mass is 16.7. The molecule has 0 aromatic carbocycles. The van der Waals surface area contributed by atoms with E-state index in [1.54, 1.807) is 13.8 Å². The van der Waals surface area contributed by atoms with Crippen LogP contribution in [0.1, 0.15) is 59.8 Å². The molecule has 6 fully saturated rings. The minimum atomic E-state index is -2.73. The minimum absolute atomic E-state index is 0.0132. The SMILES string of the molecule is CC1=C2[C@@H]3[C@]45OC(=O)C6=C4C[C@H]4[C@](O)(COC(=O)/C=C(/C)COC(=O)CCC(=O)OC6)[C@H]6C[C@H]6[C@]4(C)[C@@H]5C=C4[C@H]5C[C@H]5[C@](C)(C(=O)[C@@]2(O)OC1=O)[C@@]43O. The molecule has 0 aromatic heterocycles. The highest BCUT2D eigenvalue weighted by Gasteiger charge is 2.90. The molecule has 7 aliphatic carbocycles. The first-order chi connectivity index (χ1) is 24.9. The van der Waals surface area contributed by atoms with Crippen molar-refractivity contribution in [1.29, 1.82) is 0 Å². The van der Waals surface area contributed by atoms with Gasteiger partial charge in [0.15, 0.2) is 5.60 Å². The van der Waals surface area contributed by atoms with Crippen molar-refractivity contribution in [2.24, 2.45) is 52.3 Å². The molecule has 280 valence electrons. The topological polar surface area (TPSA) is 209 Å². The molecule has 1 spiro atoms. The second-order valence-electron chi connectivity index (χ2n) is 17.5. The van der Waals surface area contributed by atoms with Crippen LogP contribution in [0.4, 0.5) is 0 Å². The number of Topliss-reactive ketones (excluding diaryl/α,β-unsaturated/α-hetero) is 1. The van der Waals surface area contributed by atoms with E-state index < -0.39 is 93.4 Å². The van der Waals surface area contributed by atoms with Gasteiger partial charge in [0.2, 0.25) is 5.78 Å². The van der Waals surface area contributed by atoms with Gasteiger partial charge in [-0.3, -0.25) is 14.4 Å². The van der Waals surface area contributed by atoms with Gasteiger partial charge in [-0.15, -0.1) is 0 Å². The Hall–Kier alpha value is -4.14. The number of esters is 5. The van der Waals surface area contributed by atoms with E-state index in [2.05, 4.69) is 0 Å². The fourth-order valence-electron chi connectivity index (χ4n) is 13.0. The van der Waals surface area contributed by atoms with Gasteiger partial charge in [-0.25, -0.2) is 14.4 Å². The average molecular weight is 733 g/mol. The monoisotopic (exact) mass is 732 g/mol. The van der Waals surface area contributed by atoms with Crippen molar-refractivity contribution in [3.8, 4) is 0 Å². The molecule has 10 aliphatic rings. The van der Waals surface area contributed by atoms with Crippen LogP contribution in [0, 0.1) is 52.3 Å². The number of carbonyl (C=O) groups excluding carboxylic acids is 6. The van der Waals surface area contributed by atoms with Crippen molar-refractivity contribution in [1.82, 2.24) is 0 Å². The van der Waals surface area contributed by atoms with Gasteiger partial charge in [-0.1, -0.05) is 13.0 Å². The lowest BCUT2D eigenvalue weighted by atomic mass is 9.39. The molecule has 0 amide bonds. The number of carbonyl (C=O) groups is 6. The summed E-state index contributed by atoms with van der Waals surface area (Å²) in [4.78, 5) is 80.6. The van der Waals surface area contributed by atoms with Crippen LogP contribution in [0.3, 0.4) is 0 Å². The second kappa shape index (κ2) is 9.74. The summed E-state index contributed by atoms with van der Waals surface area (Å²) in [6.07, 6.45) is 3.54. The van der Waals surface area contributed by atoms with Crippen LogP contribution >= 0.6 is 0 Å². The summed E-state index contributed by atoms with van der Waals surface area (Å²) in [7, 11) is 0. The van der Waals surface area contributed by atoms with Gasteiger partial charge in [0.1, 0.15) is 31.0 Å². The number of aliphatic hydroxyl groups is 3. The maximum atomic E-state index is 14.5. The number of hydrogen-bond donors (Lipinski definition) is 3. The van der Waals surface area contributed by atoms with Crippen LogP contribution in [0.25, 0.3) is 0 Å². The minimum Gasteiger partial charge on any atom is -0.461 e. The lowest BCUT2D eigenvalue weighted by Crippen LogP contribution is -2.77. The summed E-state index contributed by atoms with van der Waals surface area (Å²) in [5, 5.41) is 38.3. The Bertz CT molecular complexity index is 2060. The summed E-state index contributed by atoms with van der Waals surface area (Å²) < 4.78 is 28.6. The van der Waals surface area contributed by atoms with E-state index >= 15 is 0 Å². The molecule has 0 aromatic rings.